The molecule has 4 heteroatoms. The molecule has 0 spiro atoms. The van der Waals surface area contributed by atoms with Gasteiger partial charge in [-0.15, -0.1) is 0 Å². The molecule has 1 aromatic rings. The summed E-state index contributed by atoms with van der Waals surface area (Å²) in [4.78, 5) is 22.3. The van der Waals surface area contributed by atoms with Crippen LogP contribution in [0.4, 0.5) is 0 Å². The molecule has 4 nitrogen and oxygen atoms in total. The molecule has 1 unspecified atom stereocenters. The summed E-state index contributed by atoms with van der Waals surface area (Å²) in [6.07, 6.45) is 4.16. The number of benzene rings is 1. The summed E-state index contributed by atoms with van der Waals surface area (Å²) in [7, 11) is 0. The monoisotopic (exact) mass is 249 g/mol. The molecule has 1 rings (SSSR count). The van der Waals surface area contributed by atoms with Crippen molar-refractivity contribution in [1.82, 2.24) is 5.32 Å². The maximum absolute atomic E-state index is 11.9. The lowest BCUT2D eigenvalue weighted by atomic mass is 10.1. The highest BCUT2D eigenvalue weighted by atomic mass is 16.5. The van der Waals surface area contributed by atoms with Crippen LogP contribution >= 0.6 is 0 Å². The zero-order chi connectivity index (χ0) is 13.2. The van der Waals surface area contributed by atoms with E-state index >= 15 is 0 Å². The van der Waals surface area contributed by atoms with Crippen molar-refractivity contribution in [3.8, 4) is 5.75 Å². The van der Waals surface area contributed by atoms with Crippen LogP contribution in [0.2, 0.25) is 0 Å². The van der Waals surface area contributed by atoms with Crippen LogP contribution in [0.3, 0.4) is 0 Å². The molecule has 0 aliphatic rings. The number of rotatable bonds is 8. The van der Waals surface area contributed by atoms with E-state index in [1.54, 1.807) is 24.3 Å². The minimum atomic E-state index is -0.561. The highest BCUT2D eigenvalue weighted by molar-refractivity contribution is 5.80. The fraction of sp³-hybridized carbons (Fsp3) is 0.429. The predicted molar refractivity (Wildman–Crippen MR) is 69.2 cm³/mol. The van der Waals surface area contributed by atoms with E-state index in [1.165, 1.54) is 0 Å². The Morgan fingerprint density at radius 2 is 2.06 bits per heavy atom. The Bertz CT molecular complexity index is 365. The summed E-state index contributed by atoms with van der Waals surface area (Å²) >= 11 is 0. The van der Waals surface area contributed by atoms with Crippen LogP contribution in [0.25, 0.3) is 0 Å². The molecule has 0 aliphatic carbocycles. The zero-order valence-corrected chi connectivity index (χ0v) is 10.6. The third kappa shape index (κ3) is 4.99. The van der Waals surface area contributed by atoms with Crippen molar-refractivity contribution < 1.29 is 14.3 Å². The summed E-state index contributed by atoms with van der Waals surface area (Å²) in [5.74, 6) is 0.0834. The first-order chi connectivity index (χ1) is 8.77. The zero-order valence-electron chi connectivity index (χ0n) is 10.6. The summed E-state index contributed by atoms with van der Waals surface area (Å²) < 4.78 is 5.20. The van der Waals surface area contributed by atoms with Gasteiger partial charge in [0.1, 0.15) is 11.8 Å². The lowest BCUT2D eigenvalue weighted by molar-refractivity contribution is -0.138. The summed E-state index contributed by atoms with van der Waals surface area (Å²) in [6.45, 7) is 2.09. The molecule has 1 atom stereocenters. The molecule has 0 heterocycles. The molecule has 0 aromatic heterocycles. The molecule has 0 fully saturated rings. The number of carbonyl (C=O) groups excluding carboxylic acids is 2. The van der Waals surface area contributed by atoms with Gasteiger partial charge in [-0.25, -0.2) is 4.79 Å². The van der Waals surface area contributed by atoms with Crippen LogP contribution in [0.5, 0.6) is 5.75 Å². The molecule has 18 heavy (non-hydrogen) atoms. The molecule has 98 valence electrons. The number of hydrogen-bond donors (Lipinski definition) is 1. The maximum atomic E-state index is 11.9. The van der Waals surface area contributed by atoms with Gasteiger partial charge in [-0.1, -0.05) is 44.4 Å². The fourth-order valence-corrected chi connectivity index (χ4v) is 1.63. The Morgan fingerprint density at radius 1 is 1.33 bits per heavy atom. The number of carbonyl (C=O) groups is 2. The summed E-state index contributed by atoms with van der Waals surface area (Å²) in [6, 6.07) is 8.29. The van der Waals surface area contributed by atoms with E-state index in [-0.39, 0.29) is 0 Å². The highest BCUT2D eigenvalue weighted by Gasteiger charge is 2.19. The normalized spacial score (nSPS) is 11.6. The number of unbranched alkanes of at least 4 members (excludes halogenated alkanes) is 2. The Hall–Kier alpha value is -1.84. The number of amides is 1. The van der Waals surface area contributed by atoms with Crippen molar-refractivity contribution in [2.24, 2.45) is 0 Å². The number of hydrogen-bond acceptors (Lipinski definition) is 3. The minimum absolute atomic E-state index is 0.413. The lowest BCUT2D eigenvalue weighted by Gasteiger charge is -2.14. The van der Waals surface area contributed by atoms with Gasteiger partial charge in [-0.2, -0.15) is 0 Å². The first-order valence-corrected chi connectivity index (χ1v) is 6.24. The van der Waals surface area contributed by atoms with Gasteiger partial charge in [-0.3, -0.25) is 4.79 Å². The lowest BCUT2D eigenvalue weighted by Crippen LogP contribution is -2.38. The molecular formula is C14H19NO3. The van der Waals surface area contributed by atoms with Crippen LogP contribution in [0, 0.1) is 0 Å². The third-order valence-corrected chi connectivity index (χ3v) is 2.61. The molecule has 1 N–H and O–H groups in total. The van der Waals surface area contributed by atoms with Gasteiger partial charge in [0.25, 0.3) is 0 Å². The van der Waals surface area contributed by atoms with E-state index < -0.39 is 12.0 Å². The molecule has 0 aliphatic heterocycles. The van der Waals surface area contributed by atoms with Crippen LogP contribution in [-0.4, -0.2) is 18.4 Å². The van der Waals surface area contributed by atoms with Crippen molar-refractivity contribution in [3.63, 3.8) is 0 Å². The smallest absolute Gasteiger partial charge is 0.334 e. The molecule has 1 aromatic carbocycles. The van der Waals surface area contributed by atoms with E-state index in [4.69, 9.17) is 4.74 Å². The Balaban J connectivity index is 2.51. The number of ether oxygens (including phenoxy) is 1. The Labute approximate surface area is 107 Å². The van der Waals surface area contributed by atoms with E-state index in [0.29, 0.717) is 18.6 Å². The van der Waals surface area contributed by atoms with E-state index in [9.17, 15) is 9.59 Å². The van der Waals surface area contributed by atoms with Gasteiger partial charge < -0.3 is 10.1 Å². The first-order valence-electron chi connectivity index (χ1n) is 6.24. The number of nitrogens with one attached hydrogen (secondary N) is 1. The predicted octanol–water partition coefficient (Wildman–Crippen LogP) is 2.29. The average molecular weight is 249 g/mol. The number of esters is 1. The summed E-state index contributed by atoms with van der Waals surface area (Å²) in [5.41, 5.74) is 0. The van der Waals surface area contributed by atoms with Crippen molar-refractivity contribution in [1.29, 1.82) is 0 Å². The topological polar surface area (TPSA) is 55.4 Å². The largest absolute Gasteiger partial charge is 0.425 e. The van der Waals surface area contributed by atoms with E-state index in [1.807, 2.05) is 6.07 Å². The second-order valence-corrected chi connectivity index (χ2v) is 4.07. The van der Waals surface area contributed by atoms with Gasteiger partial charge in [0, 0.05) is 0 Å². The van der Waals surface area contributed by atoms with Gasteiger partial charge >= 0.3 is 5.97 Å². The molecule has 0 saturated carbocycles. The first kappa shape index (κ1) is 14.2. The highest BCUT2D eigenvalue weighted by Crippen LogP contribution is 2.11. The van der Waals surface area contributed by atoms with Gasteiger partial charge in [0.2, 0.25) is 6.41 Å². The van der Waals surface area contributed by atoms with Gasteiger partial charge in [-0.05, 0) is 18.6 Å². The molecule has 1 amide bonds. The Morgan fingerprint density at radius 3 is 2.67 bits per heavy atom. The van der Waals surface area contributed by atoms with Gasteiger partial charge in [0.05, 0.1) is 0 Å². The van der Waals surface area contributed by atoms with Gasteiger partial charge in [0.15, 0.2) is 0 Å². The number of para-hydroxylation sites is 1. The second-order valence-electron chi connectivity index (χ2n) is 4.07. The molecule has 0 radical (unpaired) electrons. The van der Waals surface area contributed by atoms with Crippen LogP contribution < -0.4 is 10.1 Å². The van der Waals surface area contributed by atoms with E-state index in [2.05, 4.69) is 12.2 Å². The third-order valence-electron chi connectivity index (χ3n) is 2.61. The molecular weight excluding hydrogens is 230 g/mol. The quantitative estimate of drug-likeness (QED) is 0.333. The van der Waals surface area contributed by atoms with Crippen LogP contribution in [0.15, 0.2) is 30.3 Å². The van der Waals surface area contributed by atoms with Crippen molar-refractivity contribution in [3.05, 3.63) is 30.3 Å². The maximum Gasteiger partial charge on any atom is 0.334 e. The molecule has 0 saturated heterocycles. The standard InChI is InChI=1S/C14H19NO3/c1-2-3-5-10-13(15-11-16)14(17)18-12-8-6-4-7-9-12/h4,6-9,11,13H,2-3,5,10H2,1H3,(H,15,16). The molecule has 0 bridgehead atoms. The second kappa shape index (κ2) is 8.28. The van der Waals surface area contributed by atoms with Crippen molar-refractivity contribution in [2.45, 2.75) is 38.6 Å². The minimum Gasteiger partial charge on any atom is -0.425 e. The van der Waals surface area contributed by atoms with Crippen LogP contribution in [0.1, 0.15) is 32.6 Å². The SMILES string of the molecule is CCCCCC(NC=O)C(=O)Oc1ccccc1. The fourth-order valence-electron chi connectivity index (χ4n) is 1.63. The van der Waals surface area contributed by atoms with Crippen molar-refractivity contribution >= 4 is 12.4 Å². The summed E-state index contributed by atoms with van der Waals surface area (Å²) in [5, 5.41) is 2.51. The average Bonchev–Trinajstić information content (AvgIpc) is 2.39. The van der Waals surface area contributed by atoms with Crippen LogP contribution in [-0.2, 0) is 9.59 Å². The Kier molecular flexibility index (Phi) is 6.54. The van der Waals surface area contributed by atoms with E-state index in [0.717, 1.165) is 19.3 Å². The van der Waals surface area contributed by atoms with Crippen molar-refractivity contribution in [2.75, 3.05) is 0 Å².